The Morgan fingerprint density at radius 1 is 1.25 bits per heavy atom. The van der Waals surface area contributed by atoms with Crippen LogP contribution in [0.25, 0.3) is 0 Å². The number of ether oxygens (including phenoxy) is 1. The summed E-state index contributed by atoms with van der Waals surface area (Å²) < 4.78 is 4.84. The van der Waals surface area contributed by atoms with Crippen LogP contribution in [0.3, 0.4) is 0 Å². The van der Waals surface area contributed by atoms with E-state index in [1.807, 2.05) is 24.3 Å². The summed E-state index contributed by atoms with van der Waals surface area (Å²) in [6, 6.07) is 7.58. The van der Waals surface area contributed by atoms with E-state index in [2.05, 4.69) is 13.8 Å². The molecule has 1 N–H and O–H groups in total. The monoisotopic (exact) mass is 279 g/mol. The number of aliphatic carboxylic acids is 1. The third-order valence-corrected chi connectivity index (χ3v) is 2.99. The van der Waals surface area contributed by atoms with Crippen LogP contribution in [0, 0.1) is 0 Å². The summed E-state index contributed by atoms with van der Waals surface area (Å²) in [7, 11) is 1.44. The SMILES string of the molecule is COCC(=O)N(CCC(=O)O)c1ccc(C(C)C)cc1. The minimum atomic E-state index is -0.931. The first-order valence-corrected chi connectivity index (χ1v) is 6.56. The molecule has 5 heteroatoms. The lowest BCUT2D eigenvalue weighted by atomic mass is 10.0. The third-order valence-electron chi connectivity index (χ3n) is 2.99. The maximum Gasteiger partial charge on any atom is 0.305 e. The normalized spacial score (nSPS) is 10.6. The van der Waals surface area contributed by atoms with E-state index < -0.39 is 5.97 Å². The first kappa shape index (κ1) is 16.2. The molecule has 0 atom stereocenters. The zero-order valence-corrected chi connectivity index (χ0v) is 12.1. The number of carbonyl (C=O) groups excluding carboxylic acids is 1. The highest BCUT2D eigenvalue weighted by molar-refractivity contribution is 5.94. The molecule has 0 radical (unpaired) electrons. The predicted molar refractivity (Wildman–Crippen MR) is 77.0 cm³/mol. The highest BCUT2D eigenvalue weighted by Crippen LogP contribution is 2.20. The predicted octanol–water partition coefficient (Wildman–Crippen LogP) is 2.26. The van der Waals surface area contributed by atoms with Crippen molar-refractivity contribution >= 4 is 17.6 Å². The second-order valence-corrected chi connectivity index (χ2v) is 4.87. The van der Waals surface area contributed by atoms with E-state index in [-0.39, 0.29) is 25.5 Å². The topological polar surface area (TPSA) is 66.8 Å². The number of carbonyl (C=O) groups is 2. The molecule has 20 heavy (non-hydrogen) atoms. The molecule has 1 rings (SSSR count). The van der Waals surface area contributed by atoms with Gasteiger partial charge in [-0.25, -0.2) is 0 Å². The Morgan fingerprint density at radius 2 is 1.85 bits per heavy atom. The van der Waals surface area contributed by atoms with Gasteiger partial charge in [0.2, 0.25) is 0 Å². The van der Waals surface area contributed by atoms with Crippen LogP contribution in [0.15, 0.2) is 24.3 Å². The van der Waals surface area contributed by atoms with Gasteiger partial charge in [0.15, 0.2) is 0 Å². The standard InChI is InChI=1S/C15H21NO4/c1-11(2)12-4-6-13(7-5-12)16(9-8-15(18)19)14(17)10-20-3/h4-7,11H,8-10H2,1-3H3,(H,18,19). The van der Waals surface area contributed by atoms with Gasteiger partial charge in [-0.15, -0.1) is 0 Å². The largest absolute Gasteiger partial charge is 0.481 e. The molecule has 1 amide bonds. The summed E-state index contributed by atoms with van der Waals surface area (Å²) in [4.78, 5) is 24.1. The quantitative estimate of drug-likeness (QED) is 0.831. The molecule has 0 aromatic heterocycles. The summed E-state index contributed by atoms with van der Waals surface area (Å²) in [5.41, 5.74) is 1.86. The molecule has 0 fully saturated rings. The molecule has 1 aromatic carbocycles. The van der Waals surface area contributed by atoms with Gasteiger partial charge in [0.25, 0.3) is 5.91 Å². The van der Waals surface area contributed by atoms with E-state index >= 15 is 0 Å². The van der Waals surface area contributed by atoms with Crippen LogP contribution in [-0.4, -0.2) is 37.2 Å². The van der Waals surface area contributed by atoms with Crippen LogP contribution in [0.2, 0.25) is 0 Å². The average Bonchev–Trinajstić information content (AvgIpc) is 2.39. The van der Waals surface area contributed by atoms with Gasteiger partial charge >= 0.3 is 5.97 Å². The number of methoxy groups -OCH3 is 1. The minimum Gasteiger partial charge on any atom is -0.481 e. The highest BCUT2D eigenvalue weighted by Gasteiger charge is 2.16. The molecule has 0 bridgehead atoms. The molecule has 0 aliphatic rings. The number of benzene rings is 1. The van der Waals surface area contributed by atoms with E-state index in [0.29, 0.717) is 11.6 Å². The van der Waals surface area contributed by atoms with Crippen LogP contribution in [0.1, 0.15) is 31.7 Å². The molecule has 0 unspecified atom stereocenters. The van der Waals surface area contributed by atoms with E-state index in [0.717, 1.165) is 0 Å². The van der Waals surface area contributed by atoms with Crippen molar-refractivity contribution in [3.8, 4) is 0 Å². The van der Waals surface area contributed by atoms with Crippen LogP contribution in [0.5, 0.6) is 0 Å². The molecule has 1 aromatic rings. The molecule has 110 valence electrons. The molecule has 0 heterocycles. The number of hydrogen-bond donors (Lipinski definition) is 1. The van der Waals surface area contributed by atoms with Gasteiger partial charge in [-0.05, 0) is 23.6 Å². The third kappa shape index (κ3) is 4.66. The van der Waals surface area contributed by atoms with E-state index in [9.17, 15) is 9.59 Å². The Morgan fingerprint density at radius 3 is 2.30 bits per heavy atom. The average molecular weight is 279 g/mol. The Bertz CT molecular complexity index is 453. The van der Waals surface area contributed by atoms with Crippen molar-refractivity contribution in [1.29, 1.82) is 0 Å². The first-order chi connectivity index (χ1) is 9.45. The second kappa shape index (κ2) is 7.65. The summed E-state index contributed by atoms with van der Waals surface area (Å²) in [5, 5.41) is 8.77. The Balaban J connectivity index is 2.90. The Kier molecular flexibility index (Phi) is 6.18. The van der Waals surface area contributed by atoms with Crippen molar-refractivity contribution in [1.82, 2.24) is 0 Å². The maximum atomic E-state index is 12.0. The summed E-state index contributed by atoms with van der Waals surface area (Å²) in [6.07, 6.45) is -0.0958. The summed E-state index contributed by atoms with van der Waals surface area (Å²) in [5.74, 6) is -0.767. The van der Waals surface area contributed by atoms with Gasteiger partial charge in [0.05, 0.1) is 6.42 Å². The molecular formula is C15H21NO4. The summed E-state index contributed by atoms with van der Waals surface area (Å²) in [6.45, 7) is 4.25. The first-order valence-electron chi connectivity index (χ1n) is 6.56. The fourth-order valence-electron chi connectivity index (χ4n) is 1.85. The molecule has 0 aliphatic heterocycles. The molecule has 0 saturated heterocycles. The molecule has 5 nitrogen and oxygen atoms in total. The Hall–Kier alpha value is -1.88. The van der Waals surface area contributed by atoms with Crippen LogP contribution >= 0.6 is 0 Å². The van der Waals surface area contributed by atoms with Crippen LogP contribution in [-0.2, 0) is 14.3 Å². The molecular weight excluding hydrogens is 258 g/mol. The number of amides is 1. The lowest BCUT2D eigenvalue weighted by molar-refractivity contribution is -0.136. The van der Waals surface area contributed by atoms with E-state index in [4.69, 9.17) is 9.84 Å². The van der Waals surface area contributed by atoms with Gasteiger partial charge in [-0.3, -0.25) is 9.59 Å². The van der Waals surface area contributed by atoms with Gasteiger partial charge < -0.3 is 14.7 Å². The van der Waals surface area contributed by atoms with Crippen molar-refractivity contribution in [2.24, 2.45) is 0 Å². The number of rotatable bonds is 7. The summed E-state index contributed by atoms with van der Waals surface area (Å²) >= 11 is 0. The minimum absolute atomic E-state index is 0.0639. The van der Waals surface area contributed by atoms with Gasteiger partial charge in [0.1, 0.15) is 6.61 Å². The van der Waals surface area contributed by atoms with Gasteiger partial charge in [-0.1, -0.05) is 26.0 Å². The smallest absolute Gasteiger partial charge is 0.305 e. The second-order valence-electron chi connectivity index (χ2n) is 4.87. The zero-order valence-electron chi connectivity index (χ0n) is 12.1. The van der Waals surface area contributed by atoms with E-state index in [1.54, 1.807) is 0 Å². The number of nitrogens with zero attached hydrogens (tertiary/aromatic N) is 1. The number of carboxylic acids is 1. The molecule has 0 saturated carbocycles. The fraction of sp³-hybridized carbons (Fsp3) is 0.467. The van der Waals surface area contributed by atoms with Crippen molar-refractivity contribution in [3.05, 3.63) is 29.8 Å². The fourth-order valence-corrected chi connectivity index (χ4v) is 1.85. The highest BCUT2D eigenvalue weighted by atomic mass is 16.5. The molecule has 0 aliphatic carbocycles. The van der Waals surface area contributed by atoms with Crippen molar-refractivity contribution in [3.63, 3.8) is 0 Å². The van der Waals surface area contributed by atoms with Crippen LogP contribution < -0.4 is 4.90 Å². The van der Waals surface area contributed by atoms with E-state index in [1.165, 1.54) is 17.6 Å². The zero-order chi connectivity index (χ0) is 15.1. The van der Waals surface area contributed by atoms with Crippen LogP contribution in [0.4, 0.5) is 5.69 Å². The van der Waals surface area contributed by atoms with Gasteiger partial charge in [-0.2, -0.15) is 0 Å². The lowest BCUT2D eigenvalue weighted by Crippen LogP contribution is -2.35. The maximum absolute atomic E-state index is 12.0. The van der Waals surface area contributed by atoms with Gasteiger partial charge in [0, 0.05) is 19.3 Å². The number of anilines is 1. The van der Waals surface area contributed by atoms with Crippen molar-refractivity contribution in [2.45, 2.75) is 26.2 Å². The van der Waals surface area contributed by atoms with Crippen molar-refractivity contribution in [2.75, 3.05) is 25.2 Å². The number of hydrogen-bond acceptors (Lipinski definition) is 3. The molecule has 0 spiro atoms. The Labute approximate surface area is 119 Å². The van der Waals surface area contributed by atoms with Crippen molar-refractivity contribution < 1.29 is 19.4 Å². The number of carboxylic acid groups (broad SMARTS) is 1. The lowest BCUT2D eigenvalue weighted by Gasteiger charge is -2.22.